The Labute approximate surface area is 149 Å². The molecule has 1 aliphatic heterocycles. The SMILES string of the molecule is Cc1cccc(OCC(O)CN2CCCC2Cn2nc(C)nc2C)c1. The molecule has 1 aromatic carbocycles. The molecule has 2 unspecified atom stereocenters. The van der Waals surface area contributed by atoms with E-state index in [0.717, 1.165) is 48.9 Å². The molecule has 2 heterocycles. The summed E-state index contributed by atoms with van der Waals surface area (Å²) in [5.41, 5.74) is 1.16. The smallest absolute Gasteiger partial charge is 0.147 e. The van der Waals surface area contributed by atoms with E-state index in [0.29, 0.717) is 19.2 Å². The second-order valence-corrected chi connectivity index (χ2v) is 6.96. The molecule has 2 atom stereocenters. The highest BCUT2D eigenvalue weighted by Gasteiger charge is 2.27. The van der Waals surface area contributed by atoms with Crippen molar-refractivity contribution in [3.63, 3.8) is 0 Å². The summed E-state index contributed by atoms with van der Waals surface area (Å²) in [7, 11) is 0. The van der Waals surface area contributed by atoms with Crippen molar-refractivity contribution in [2.45, 2.75) is 52.3 Å². The molecule has 3 rings (SSSR count). The third-order valence-electron chi connectivity index (χ3n) is 4.72. The van der Waals surface area contributed by atoms with Crippen molar-refractivity contribution < 1.29 is 9.84 Å². The lowest BCUT2D eigenvalue weighted by Gasteiger charge is -2.27. The number of nitrogens with zero attached hydrogens (tertiary/aromatic N) is 4. The summed E-state index contributed by atoms with van der Waals surface area (Å²) in [5.74, 6) is 2.58. The Balaban J connectivity index is 1.51. The first-order chi connectivity index (χ1) is 12.0. The van der Waals surface area contributed by atoms with Gasteiger partial charge >= 0.3 is 0 Å². The van der Waals surface area contributed by atoms with Gasteiger partial charge in [-0.25, -0.2) is 9.67 Å². The topological polar surface area (TPSA) is 63.4 Å². The molecule has 1 aliphatic rings. The minimum atomic E-state index is -0.500. The molecule has 0 bridgehead atoms. The van der Waals surface area contributed by atoms with Gasteiger partial charge in [0.1, 0.15) is 30.1 Å². The van der Waals surface area contributed by atoms with Crippen molar-refractivity contribution in [3.8, 4) is 5.75 Å². The van der Waals surface area contributed by atoms with Crippen LogP contribution < -0.4 is 4.74 Å². The van der Waals surface area contributed by atoms with Crippen LogP contribution in [0.4, 0.5) is 0 Å². The largest absolute Gasteiger partial charge is 0.491 e. The quantitative estimate of drug-likeness (QED) is 0.833. The molecule has 2 aromatic rings. The summed E-state index contributed by atoms with van der Waals surface area (Å²) in [6, 6.07) is 8.31. The van der Waals surface area contributed by atoms with E-state index in [2.05, 4.69) is 15.0 Å². The fourth-order valence-electron chi connectivity index (χ4n) is 3.50. The molecule has 1 fully saturated rings. The van der Waals surface area contributed by atoms with Crippen LogP contribution in [0, 0.1) is 20.8 Å². The normalized spacial score (nSPS) is 19.3. The third-order valence-corrected chi connectivity index (χ3v) is 4.72. The number of hydrogen-bond acceptors (Lipinski definition) is 5. The van der Waals surface area contributed by atoms with Crippen molar-refractivity contribution in [1.29, 1.82) is 0 Å². The van der Waals surface area contributed by atoms with Crippen molar-refractivity contribution in [3.05, 3.63) is 41.5 Å². The van der Waals surface area contributed by atoms with Crippen LogP contribution in [-0.4, -0.2) is 56.6 Å². The first-order valence-corrected chi connectivity index (χ1v) is 9.01. The van der Waals surface area contributed by atoms with Gasteiger partial charge in [-0.1, -0.05) is 12.1 Å². The van der Waals surface area contributed by atoms with Gasteiger partial charge in [0.25, 0.3) is 0 Å². The fourth-order valence-corrected chi connectivity index (χ4v) is 3.50. The number of hydrogen-bond donors (Lipinski definition) is 1. The molecule has 0 amide bonds. The number of aliphatic hydroxyl groups excluding tert-OH is 1. The van der Waals surface area contributed by atoms with Crippen LogP contribution in [0.1, 0.15) is 30.1 Å². The van der Waals surface area contributed by atoms with Gasteiger partial charge in [-0.2, -0.15) is 5.10 Å². The molecule has 6 nitrogen and oxygen atoms in total. The summed E-state index contributed by atoms with van der Waals surface area (Å²) in [6.45, 7) is 8.73. The van der Waals surface area contributed by atoms with E-state index in [9.17, 15) is 5.11 Å². The zero-order chi connectivity index (χ0) is 17.8. The molecule has 1 N–H and O–H groups in total. The summed E-state index contributed by atoms with van der Waals surface area (Å²) < 4.78 is 7.71. The van der Waals surface area contributed by atoms with E-state index in [4.69, 9.17) is 4.74 Å². The summed E-state index contributed by atoms with van der Waals surface area (Å²) in [5, 5.41) is 14.8. The van der Waals surface area contributed by atoms with E-state index in [1.54, 1.807) is 0 Å². The van der Waals surface area contributed by atoms with Crippen molar-refractivity contribution in [2.24, 2.45) is 0 Å². The fraction of sp³-hybridized carbons (Fsp3) is 0.579. The van der Waals surface area contributed by atoms with Crippen molar-refractivity contribution >= 4 is 0 Å². The predicted molar refractivity (Wildman–Crippen MR) is 96.8 cm³/mol. The minimum absolute atomic E-state index is 0.314. The number of likely N-dealkylation sites (tertiary alicyclic amines) is 1. The molecule has 0 saturated carbocycles. The van der Waals surface area contributed by atoms with Crippen LogP contribution in [-0.2, 0) is 6.54 Å². The molecule has 136 valence electrons. The van der Waals surface area contributed by atoms with Gasteiger partial charge < -0.3 is 9.84 Å². The second-order valence-electron chi connectivity index (χ2n) is 6.96. The molecular formula is C19H28N4O2. The van der Waals surface area contributed by atoms with Crippen LogP contribution in [0.3, 0.4) is 0 Å². The Kier molecular flexibility index (Phi) is 5.71. The Morgan fingerprint density at radius 1 is 1.32 bits per heavy atom. The number of aryl methyl sites for hydroxylation is 3. The second kappa shape index (κ2) is 7.97. The summed E-state index contributed by atoms with van der Waals surface area (Å²) in [6.07, 6.45) is 1.78. The zero-order valence-corrected chi connectivity index (χ0v) is 15.4. The molecular weight excluding hydrogens is 316 g/mol. The Bertz CT molecular complexity index is 700. The first-order valence-electron chi connectivity index (χ1n) is 9.01. The molecule has 0 aliphatic carbocycles. The zero-order valence-electron chi connectivity index (χ0n) is 15.4. The molecule has 6 heteroatoms. The van der Waals surface area contributed by atoms with Gasteiger partial charge in [-0.15, -0.1) is 0 Å². The molecule has 1 aromatic heterocycles. The number of rotatable bonds is 7. The van der Waals surface area contributed by atoms with E-state index in [1.807, 2.05) is 49.7 Å². The first kappa shape index (κ1) is 17.9. The number of benzene rings is 1. The number of aromatic nitrogens is 3. The maximum Gasteiger partial charge on any atom is 0.147 e. The Hall–Kier alpha value is -1.92. The molecule has 1 saturated heterocycles. The molecule has 0 spiro atoms. The average Bonchev–Trinajstić information content (AvgIpc) is 3.12. The van der Waals surface area contributed by atoms with Crippen LogP contribution in [0.15, 0.2) is 24.3 Å². The summed E-state index contributed by atoms with van der Waals surface area (Å²) >= 11 is 0. The Morgan fingerprint density at radius 3 is 2.88 bits per heavy atom. The van der Waals surface area contributed by atoms with Crippen LogP contribution in [0.2, 0.25) is 0 Å². The predicted octanol–water partition coefficient (Wildman–Crippen LogP) is 2.11. The van der Waals surface area contributed by atoms with Crippen LogP contribution in [0.25, 0.3) is 0 Å². The maximum atomic E-state index is 10.4. The van der Waals surface area contributed by atoms with Gasteiger partial charge in [-0.05, 0) is 57.9 Å². The van der Waals surface area contributed by atoms with Gasteiger partial charge in [0, 0.05) is 12.6 Å². The van der Waals surface area contributed by atoms with E-state index >= 15 is 0 Å². The molecule has 0 radical (unpaired) electrons. The lowest BCUT2D eigenvalue weighted by atomic mass is 10.2. The highest BCUT2D eigenvalue weighted by atomic mass is 16.5. The average molecular weight is 344 g/mol. The maximum absolute atomic E-state index is 10.4. The number of β-amino-alcohol motifs (C(OH)–C–C–N with tert-alkyl or cyclic N) is 1. The monoisotopic (exact) mass is 344 g/mol. The summed E-state index contributed by atoms with van der Waals surface area (Å²) in [4.78, 5) is 6.72. The lowest BCUT2D eigenvalue weighted by Crippen LogP contribution is -2.40. The van der Waals surface area contributed by atoms with E-state index < -0.39 is 6.10 Å². The standard InChI is InChI=1S/C19H28N4O2/c1-14-6-4-8-19(10-14)25-13-18(24)12-22-9-5-7-17(22)11-23-16(3)20-15(2)21-23/h4,6,8,10,17-18,24H,5,7,9,11-13H2,1-3H3. The van der Waals surface area contributed by atoms with Gasteiger partial charge in [-0.3, -0.25) is 4.90 Å². The van der Waals surface area contributed by atoms with Gasteiger partial charge in [0.05, 0.1) is 6.54 Å². The number of aliphatic hydroxyl groups is 1. The highest BCUT2D eigenvalue weighted by Crippen LogP contribution is 2.20. The Morgan fingerprint density at radius 2 is 2.16 bits per heavy atom. The van der Waals surface area contributed by atoms with Crippen LogP contribution in [0.5, 0.6) is 5.75 Å². The van der Waals surface area contributed by atoms with Crippen molar-refractivity contribution in [1.82, 2.24) is 19.7 Å². The van der Waals surface area contributed by atoms with E-state index in [-0.39, 0.29) is 0 Å². The van der Waals surface area contributed by atoms with E-state index in [1.165, 1.54) is 0 Å². The highest BCUT2D eigenvalue weighted by molar-refractivity contribution is 5.27. The van der Waals surface area contributed by atoms with Gasteiger partial charge in [0.2, 0.25) is 0 Å². The van der Waals surface area contributed by atoms with Crippen molar-refractivity contribution in [2.75, 3.05) is 19.7 Å². The van der Waals surface area contributed by atoms with Gasteiger partial charge in [0.15, 0.2) is 0 Å². The minimum Gasteiger partial charge on any atom is -0.491 e. The molecule has 25 heavy (non-hydrogen) atoms. The third kappa shape index (κ3) is 4.80. The number of ether oxygens (including phenoxy) is 1. The lowest BCUT2D eigenvalue weighted by molar-refractivity contribution is 0.0608. The van der Waals surface area contributed by atoms with Crippen LogP contribution >= 0.6 is 0 Å².